The third-order valence-corrected chi connectivity index (χ3v) is 8.32. The molecule has 6 rings (SSSR count). The quantitative estimate of drug-likeness (QED) is 0.249. The van der Waals surface area contributed by atoms with Crippen molar-refractivity contribution in [2.24, 2.45) is 0 Å². The highest BCUT2D eigenvalue weighted by Crippen LogP contribution is 2.36. The van der Waals surface area contributed by atoms with E-state index in [2.05, 4.69) is 15.0 Å². The van der Waals surface area contributed by atoms with E-state index in [0.717, 1.165) is 30.8 Å². The number of rotatable bonds is 6. The third kappa shape index (κ3) is 5.72. The molecular formula is C32H36ClFN6O4. The van der Waals surface area contributed by atoms with E-state index in [1.54, 1.807) is 30.4 Å². The number of carbonyl (C=O) groups is 2. The predicted octanol–water partition coefficient (Wildman–Crippen LogP) is 5.85. The maximum atomic E-state index is 16.1. The number of anilines is 1. The van der Waals surface area contributed by atoms with Gasteiger partial charge in [0.25, 0.3) is 0 Å². The summed E-state index contributed by atoms with van der Waals surface area (Å²) < 4.78 is 30.4. The Hall–Kier alpha value is -4.12. The Kier molecular flexibility index (Phi) is 8.00. The molecule has 1 amide bonds. The number of piperazine rings is 1. The van der Waals surface area contributed by atoms with Crippen LogP contribution in [0.25, 0.3) is 22.0 Å². The number of aryl methyl sites for hydroxylation is 1. The van der Waals surface area contributed by atoms with Gasteiger partial charge in [0.2, 0.25) is 0 Å². The summed E-state index contributed by atoms with van der Waals surface area (Å²) in [5.74, 6) is -1.03. The zero-order valence-corrected chi connectivity index (χ0v) is 26.1. The number of carbonyl (C=O) groups excluding carboxylic acids is 2. The van der Waals surface area contributed by atoms with Crippen LogP contribution in [0.5, 0.6) is 0 Å². The first-order chi connectivity index (χ1) is 21.0. The fourth-order valence-corrected chi connectivity index (χ4v) is 6.14. The molecule has 0 N–H and O–H groups in total. The molecule has 1 saturated heterocycles. The number of fused-ring (bicyclic) bond motifs is 2. The minimum absolute atomic E-state index is 0.0694. The van der Waals surface area contributed by atoms with E-state index >= 15 is 4.39 Å². The van der Waals surface area contributed by atoms with Crippen molar-refractivity contribution in [3.8, 4) is 11.1 Å². The number of halogens is 2. The van der Waals surface area contributed by atoms with E-state index in [9.17, 15) is 9.59 Å². The average Bonchev–Trinajstić information content (AvgIpc) is 3.73. The van der Waals surface area contributed by atoms with Gasteiger partial charge in [-0.1, -0.05) is 23.7 Å². The molecule has 2 aliphatic heterocycles. The lowest BCUT2D eigenvalue weighted by Crippen LogP contribution is -2.50. The second-order valence-corrected chi connectivity index (χ2v) is 12.5. The Bertz CT molecular complexity index is 1700. The molecule has 0 spiro atoms. The summed E-state index contributed by atoms with van der Waals surface area (Å²) in [6, 6.07) is 8.21. The molecule has 1 fully saturated rings. The molecule has 0 saturated carbocycles. The van der Waals surface area contributed by atoms with Gasteiger partial charge in [0, 0.05) is 61.3 Å². The van der Waals surface area contributed by atoms with Crippen molar-refractivity contribution >= 4 is 40.3 Å². The number of benzene rings is 2. The van der Waals surface area contributed by atoms with Gasteiger partial charge in [0.1, 0.15) is 11.1 Å². The largest absolute Gasteiger partial charge is 0.464 e. The van der Waals surface area contributed by atoms with Crippen LogP contribution in [0, 0.1) is 5.82 Å². The minimum Gasteiger partial charge on any atom is -0.464 e. The van der Waals surface area contributed by atoms with Gasteiger partial charge in [-0.05, 0) is 64.3 Å². The molecule has 4 heterocycles. The number of aromatic nitrogens is 4. The number of hydrogen-bond acceptors (Lipinski definition) is 7. The van der Waals surface area contributed by atoms with E-state index in [1.807, 2.05) is 49.6 Å². The van der Waals surface area contributed by atoms with Crippen LogP contribution in [0.4, 0.5) is 14.9 Å². The topological polar surface area (TPSA) is 94.7 Å². The van der Waals surface area contributed by atoms with Crippen LogP contribution in [0.2, 0.25) is 5.02 Å². The fraction of sp³-hybridized carbons (Fsp3) is 0.438. The highest BCUT2D eigenvalue weighted by molar-refractivity contribution is 6.35. The van der Waals surface area contributed by atoms with E-state index in [4.69, 9.17) is 21.1 Å². The monoisotopic (exact) mass is 622 g/mol. The van der Waals surface area contributed by atoms with Crippen LogP contribution in [-0.4, -0.2) is 74.7 Å². The van der Waals surface area contributed by atoms with E-state index < -0.39 is 23.4 Å². The number of hydrogen-bond donors (Lipinski definition) is 0. The minimum atomic E-state index is -0.953. The Labute approximate surface area is 260 Å². The van der Waals surface area contributed by atoms with Crippen molar-refractivity contribution in [1.29, 1.82) is 0 Å². The second-order valence-electron chi connectivity index (χ2n) is 12.1. The van der Waals surface area contributed by atoms with E-state index in [-0.39, 0.29) is 18.2 Å². The SMILES string of the molecule is CCOC(=O)C(c1ncn2c1CCC2)n1cc2c(Cl)cc(-c3ccc(N4CCN(C(=O)OC(C)(C)C)CC4)cc3)c(F)c2n1. The fourth-order valence-electron chi connectivity index (χ4n) is 5.89. The Morgan fingerprint density at radius 1 is 1.09 bits per heavy atom. The summed E-state index contributed by atoms with van der Waals surface area (Å²) in [6.07, 6.45) is 4.77. The van der Waals surface area contributed by atoms with Crippen LogP contribution in [-0.2, 0) is 27.2 Å². The average molecular weight is 623 g/mol. The van der Waals surface area contributed by atoms with E-state index in [1.165, 1.54) is 4.68 Å². The van der Waals surface area contributed by atoms with Crippen molar-refractivity contribution in [3.05, 3.63) is 65.1 Å². The molecule has 0 radical (unpaired) electrons. The number of ether oxygens (including phenoxy) is 2. The summed E-state index contributed by atoms with van der Waals surface area (Å²) in [5.41, 5.74) is 2.98. The first-order valence-corrected chi connectivity index (χ1v) is 15.3. The number of imidazole rings is 1. The van der Waals surface area contributed by atoms with E-state index in [0.29, 0.717) is 53.4 Å². The molecule has 2 aromatic carbocycles. The predicted molar refractivity (Wildman–Crippen MR) is 165 cm³/mol. The van der Waals surface area contributed by atoms with Gasteiger partial charge < -0.3 is 23.8 Å². The lowest BCUT2D eigenvalue weighted by atomic mass is 10.0. The van der Waals surface area contributed by atoms with Crippen LogP contribution in [0.1, 0.15) is 51.5 Å². The van der Waals surface area contributed by atoms with Gasteiger partial charge >= 0.3 is 12.1 Å². The lowest BCUT2D eigenvalue weighted by molar-refractivity contribution is -0.146. The van der Waals surface area contributed by atoms with Gasteiger partial charge in [0.15, 0.2) is 11.9 Å². The molecule has 1 atom stereocenters. The second kappa shape index (κ2) is 11.8. The third-order valence-electron chi connectivity index (χ3n) is 8.00. The molecule has 2 aromatic heterocycles. The van der Waals surface area contributed by atoms with Crippen molar-refractivity contribution in [1.82, 2.24) is 24.2 Å². The maximum Gasteiger partial charge on any atom is 0.410 e. The summed E-state index contributed by atoms with van der Waals surface area (Å²) in [4.78, 5) is 34.0. The Morgan fingerprint density at radius 3 is 2.50 bits per heavy atom. The summed E-state index contributed by atoms with van der Waals surface area (Å²) in [7, 11) is 0. The molecule has 10 nitrogen and oxygen atoms in total. The molecule has 4 aromatic rings. The van der Waals surface area contributed by atoms with Crippen molar-refractivity contribution in [3.63, 3.8) is 0 Å². The molecule has 0 aliphatic carbocycles. The molecular weight excluding hydrogens is 587 g/mol. The number of nitrogens with zero attached hydrogens (tertiary/aromatic N) is 6. The molecule has 44 heavy (non-hydrogen) atoms. The summed E-state index contributed by atoms with van der Waals surface area (Å²) >= 11 is 6.69. The van der Waals surface area contributed by atoms with Crippen LogP contribution >= 0.6 is 11.6 Å². The maximum absolute atomic E-state index is 16.1. The van der Waals surface area contributed by atoms with Gasteiger partial charge in [-0.2, -0.15) is 5.10 Å². The van der Waals surface area contributed by atoms with Gasteiger partial charge in [0.05, 0.1) is 23.7 Å². The standard InChI is InChI=1S/C32H36ClFN6O4/c1-5-43-30(41)29(28-25-7-6-12-39(25)19-35-28)40-18-23-24(33)17-22(26(34)27(23)36-40)20-8-10-21(11-9-20)37-13-15-38(16-14-37)31(42)44-32(2,3)4/h8-11,17-19,29H,5-7,12-16H2,1-4H3. The molecule has 232 valence electrons. The Morgan fingerprint density at radius 2 is 1.82 bits per heavy atom. The first kappa shape index (κ1) is 29.9. The zero-order chi connectivity index (χ0) is 31.2. The van der Waals surface area contributed by atoms with Crippen LogP contribution < -0.4 is 4.90 Å². The lowest BCUT2D eigenvalue weighted by Gasteiger charge is -2.36. The zero-order valence-electron chi connectivity index (χ0n) is 25.3. The summed E-state index contributed by atoms with van der Waals surface area (Å²) in [6.45, 7) is 10.8. The summed E-state index contributed by atoms with van der Waals surface area (Å²) in [5, 5.41) is 5.26. The van der Waals surface area contributed by atoms with Crippen molar-refractivity contribution in [2.45, 2.75) is 58.7 Å². The molecule has 2 aliphatic rings. The first-order valence-electron chi connectivity index (χ1n) is 14.9. The molecule has 12 heteroatoms. The normalized spacial score (nSPS) is 15.9. The number of esters is 1. The van der Waals surface area contributed by atoms with Crippen molar-refractivity contribution in [2.75, 3.05) is 37.7 Å². The Balaban J connectivity index is 1.25. The molecule has 0 bridgehead atoms. The van der Waals surface area contributed by atoms with Crippen LogP contribution in [0.15, 0.2) is 42.9 Å². The molecule has 1 unspecified atom stereocenters. The van der Waals surface area contributed by atoms with Crippen LogP contribution in [0.3, 0.4) is 0 Å². The van der Waals surface area contributed by atoms with Gasteiger partial charge in [-0.15, -0.1) is 0 Å². The number of amides is 1. The van der Waals surface area contributed by atoms with Crippen molar-refractivity contribution < 1.29 is 23.5 Å². The smallest absolute Gasteiger partial charge is 0.410 e. The van der Waals surface area contributed by atoms with Gasteiger partial charge in [-0.3, -0.25) is 4.68 Å². The highest BCUT2D eigenvalue weighted by atomic mass is 35.5. The highest BCUT2D eigenvalue weighted by Gasteiger charge is 2.33. The van der Waals surface area contributed by atoms with Gasteiger partial charge in [-0.25, -0.2) is 19.0 Å².